The van der Waals surface area contributed by atoms with Gasteiger partial charge in [0.1, 0.15) is 11.6 Å². The third-order valence-electron chi connectivity index (χ3n) is 3.32. The number of rotatable bonds is 3. The van der Waals surface area contributed by atoms with Gasteiger partial charge in [-0.25, -0.2) is 4.98 Å². The van der Waals surface area contributed by atoms with Gasteiger partial charge in [0.15, 0.2) is 0 Å². The molecule has 3 rings (SSSR count). The fourth-order valence-electron chi connectivity index (χ4n) is 2.31. The summed E-state index contributed by atoms with van der Waals surface area (Å²) >= 11 is 0. The molecule has 0 aliphatic heterocycles. The Labute approximate surface area is 118 Å². The van der Waals surface area contributed by atoms with Crippen LogP contribution >= 0.6 is 0 Å². The smallest absolute Gasteiger partial charge is 0.140 e. The van der Waals surface area contributed by atoms with Crippen LogP contribution in [0.4, 0.5) is 0 Å². The Bertz CT molecular complexity index is 731. The molecule has 0 amide bonds. The summed E-state index contributed by atoms with van der Waals surface area (Å²) in [7, 11) is 0. The van der Waals surface area contributed by atoms with Gasteiger partial charge in [-0.2, -0.15) is 0 Å². The lowest BCUT2D eigenvalue weighted by atomic mass is 10.1. The monoisotopic (exact) mass is 264 g/mol. The highest BCUT2D eigenvalue weighted by atomic mass is 16.3. The second-order valence-corrected chi connectivity index (χ2v) is 4.88. The molecule has 0 aliphatic carbocycles. The van der Waals surface area contributed by atoms with E-state index in [2.05, 4.69) is 30.1 Å². The van der Waals surface area contributed by atoms with Crippen LogP contribution in [0.25, 0.3) is 11.4 Å². The second-order valence-electron chi connectivity index (χ2n) is 4.88. The first-order valence-corrected chi connectivity index (χ1v) is 6.59. The molecule has 3 aromatic rings. The Balaban J connectivity index is 1.97. The summed E-state index contributed by atoms with van der Waals surface area (Å²) in [5.41, 5.74) is 3.18. The standard InChI is InChI=1S/C17H16N2O/c1-13-5-4-7-14(11-13)17-18-9-10-19(17)12-15-6-2-3-8-16(15)20/h2-11,20H,12H2,1H3. The molecule has 0 fully saturated rings. The summed E-state index contributed by atoms with van der Waals surface area (Å²) in [6.07, 6.45) is 3.72. The first-order valence-electron chi connectivity index (χ1n) is 6.59. The quantitative estimate of drug-likeness (QED) is 0.784. The molecule has 3 heteroatoms. The number of hydrogen-bond donors (Lipinski definition) is 1. The molecule has 0 radical (unpaired) electrons. The third-order valence-corrected chi connectivity index (χ3v) is 3.32. The van der Waals surface area contributed by atoms with E-state index in [1.165, 1.54) is 5.56 Å². The van der Waals surface area contributed by atoms with Crippen LogP contribution in [0.5, 0.6) is 5.75 Å². The lowest BCUT2D eigenvalue weighted by Gasteiger charge is -2.10. The number of imidazole rings is 1. The van der Waals surface area contributed by atoms with Crippen molar-refractivity contribution in [2.75, 3.05) is 0 Å². The van der Waals surface area contributed by atoms with Crippen LogP contribution in [-0.4, -0.2) is 14.7 Å². The normalized spacial score (nSPS) is 10.7. The third kappa shape index (κ3) is 2.43. The highest BCUT2D eigenvalue weighted by Crippen LogP contribution is 2.22. The van der Waals surface area contributed by atoms with Gasteiger partial charge in [0, 0.05) is 23.5 Å². The average Bonchev–Trinajstić information content (AvgIpc) is 2.90. The molecule has 0 saturated heterocycles. The molecule has 0 unspecified atom stereocenters. The molecular weight excluding hydrogens is 248 g/mol. The van der Waals surface area contributed by atoms with Gasteiger partial charge in [0.25, 0.3) is 0 Å². The maximum atomic E-state index is 9.88. The largest absolute Gasteiger partial charge is 0.508 e. The zero-order chi connectivity index (χ0) is 13.9. The lowest BCUT2D eigenvalue weighted by Crippen LogP contribution is -2.01. The summed E-state index contributed by atoms with van der Waals surface area (Å²) in [4.78, 5) is 4.43. The summed E-state index contributed by atoms with van der Waals surface area (Å²) in [6, 6.07) is 15.7. The summed E-state index contributed by atoms with van der Waals surface area (Å²) in [6.45, 7) is 2.68. The number of nitrogens with zero attached hydrogens (tertiary/aromatic N) is 2. The number of benzene rings is 2. The maximum Gasteiger partial charge on any atom is 0.140 e. The van der Waals surface area contributed by atoms with Gasteiger partial charge in [-0.1, -0.05) is 42.0 Å². The van der Waals surface area contributed by atoms with E-state index >= 15 is 0 Å². The number of para-hydroxylation sites is 1. The molecule has 1 N–H and O–H groups in total. The predicted octanol–water partition coefficient (Wildman–Crippen LogP) is 3.61. The van der Waals surface area contributed by atoms with E-state index in [0.717, 1.165) is 17.0 Å². The number of aryl methyl sites for hydroxylation is 1. The van der Waals surface area contributed by atoms with Gasteiger partial charge in [-0.15, -0.1) is 0 Å². The molecule has 0 spiro atoms. The van der Waals surface area contributed by atoms with Crippen LogP contribution in [0.3, 0.4) is 0 Å². The Morgan fingerprint density at radius 3 is 2.75 bits per heavy atom. The van der Waals surface area contributed by atoms with E-state index in [9.17, 15) is 5.11 Å². The van der Waals surface area contributed by atoms with Crippen molar-refractivity contribution >= 4 is 0 Å². The van der Waals surface area contributed by atoms with Crippen LogP contribution in [0, 0.1) is 6.92 Å². The molecule has 0 bridgehead atoms. The van der Waals surface area contributed by atoms with Gasteiger partial charge in [0.2, 0.25) is 0 Å². The van der Waals surface area contributed by atoms with E-state index < -0.39 is 0 Å². The fourth-order valence-corrected chi connectivity index (χ4v) is 2.31. The molecule has 0 atom stereocenters. The van der Waals surface area contributed by atoms with Crippen LogP contribution in [0.2, 0.25) is 0 Å². The van der Waals surface area contributed by atoms with E-state index in [0.29, 0.717) is 12.3 Å². The fraction of sp³-hybridized carbons (Fsp3) is 0.118. The highest BCUT2D eigenvalue weighted by Gasteiger charge is 2.08. The molecule has 1 aromatic heterocycles. The van der Waals surface area contributed by atoms with Gasteiger partial charge in [-0.05, 0) is 19.1 Å². The van der Waals surface area contributed by atoms with Crippen molar-refractivity contribution in [1.82, 2.24) is 9.55 Å². The Morgan fingerprint density at radius 1 is 1.10 bits per heavy atom. The Kier molecular flexibility index (Phi) is 3.25. The van der Waals surface area contributed by atoms with Crippen molar-refractivity contribution in [3.8, 4) is 17.1 Å². The van der Waals surface area contributed by atoms with Crippen molar-refractivity contribution < 1.29 is 5.11 Å². The van der Waals surface area contributed by atoms with Crippen LogP contribution in [-0.2, 0) is 6.54 Å². The Hall–Kier alpha value is -2.55. The van der Waals surface area contributed by atoms with Crippen molar-refractivity contribution in [3.05, 3.63) is 72.1 Å². The molecule has 20 heavy (non-hydrogen) atoms. The molecule has 1 heterocycles. The SMILES string of the molecule is Cc1cccc(-c2nccn2Cc2ccccc2O)c1. The molecule has 2 aromatic carbocycles. The van der Waals surface area contributed by atoms with Crippen LogP contribution in [0.15, 0.2) is 60.9 Å². The molecular formula is C17H16N2O. The van der Waals surface area contributed by atoms with Crippen molar-refractivity contribution in [2.24, 2.45) is 0 Å². The molecule has 100 valence electrons. The summed E-state index contributed by atoms with van der Waals surface area (Å²) in [5, 5.41) is 9.88. The summed E-state index contributed by atoms with van der Waals surface area (Å²) < 4.78 is 2.05. The average molecular weight is 264 g/mol. The zero-order valence-corrected chi connectivity index (χ0v) is 11.3. The topological polar surface area (TPSA) is 38.0 Å². The van der Waals surface area contributed by atoms with Gasteiger partial charge >= 0.3 is 0 Å². The van der Waals surface area contributed by atoms with Gasteiger partial charge in [0.05, 0.1) is 6.54 Å². The predicted molar refractivity (Wildman–Crippen MR) is 79.6 cm³/mol. The highest BCUT2D eigenvalue weighted by molar-refractivity contribution is 5.57. The van der Waals surface area contributed by atoms with Crippen molar-refractivity contribution in [3.63, 3.8) is 0 Å². The van der Waals surface area contributed by atoms with E-state index in [4.69, 9.17) is 0 Å². The zero-order valence-electron chi connectivity index (χ0n) is 11.3. The minimum Gasteiger partial charge on any atom is -0.508 e. The number of aromatic nitrogens is 2. The number of aromatic hydroxyl groups is 1. The first-order chi connectivity index (χ1) is 9.74. The van der Waals surface area contributed by atoms with Gasteiger partial charge in [-0.3, -0.25) is 0 Å². The minimum absolute atomic E-state index is 0.316. The first kappa shape index (κ1) is 12.5. The summed E-state index contributed by atoms with van der Waals surface area (Å²) in [5.74, 6) is 1.23. The molecule has 0 saturated carbocycles. The maximum absolute atomic E-state index is 9.88. The van der Waals surface area contributed by atoms with Gasteiger partial charge < -0.3 is 9.67 Å². The second kappa shape index (κ2) is 5.21. The van der Waals surface area contributed by atoms with E-state index in [1.54, 1.807) is 12.3 Å². The molecule has 3 nitrogen and oxygen atoms in total. The number of hydrogen-bond acceptors (Lipinski definition) is 2. The van der Waals surface area contributed by atoms with Crippen molar-refractivity contribution in [1.29, 1.82) is 0 Å². The van der Waals surface area contributed by atoms with E-state index in [1.807, 2.05) is 35.0 Å². The van der Waals surface area contributed by atoms with Crippen LogP contribution in [0.1, 0.15) is 11.1 Å². The number of phenols is 1. The minimum atomic E-state index is 0.316. The van der Waals surface area contributed by atoms with Crippen LogP contribution < -0.4 is 0 Å². The molecule has 0 aliphatic rings. The van der Waals surface area contributed by atoms with Crippen molar-refractivity contribution in [2.45, 2.75) is 13.5 Å². The Morgan fingerprint density at radius 2 is 1.95 bits per heavy atom. The van der Waals surface area contributed by atoms with E-state index in [-0.39, 0.29) is 0 Å². The lowest BCUT2D eigenvalue weighted by molar-refractivity contribution is 0.466. The number of phenolic OH excluding ortho intramolecular Hbond substituents is 1.